The van der Waals surface area contributed by atoms with Crippen molar-refractivity contribution >= 4 is 32.6 Å². The average Bonchev–Trinajstić information content (AvgIpc) is 3.39. The SMILES string of the molecule is C=S(=O)(Nc1ccc(CCNCC(O)COc2ccc(O)cc2)cc1)c1ccc(-c2ccccn2)s1. The number of hydrogen-bond donors (Lipinski definition) is 4. The van der Waals surface area contributed by atoms with E-state index < -0.39 is 15.8 Å². The third kappa shape index (κ3) is 7.32. The first kappa shape index (κ1) is 25.7. The van der Waals surface area contributed by atoms with Gasteiger partial charge in [-0.25, -0.2) is 4.21 Å². The van der Waals surface area contributed by atoms with Gasteiger partial charge >= 0.3 is 0 Å². The lowest BCUT2D eigenvalue weighted by atomic mass is 10.1. The number of hydrogen-bond acceptors (Lipinski definition) is 7. The molecule has 9 heteroatoms. The van der Waals surface area contributed by atoms with E-state index in [1.54, 1.807) is 18.3 Å². The van der Waals surface area contributed by atoms with E-state index in [-0.39, 0.29) is 12.4 Å². The van der Waals surface area contributed by atoms with Gasteiger partial charge in [-0.05, 0) is 85.1 Å². The summed E-state index contributed by atoms with van der Waals surface area (Å²) in [7, 11) is -2.70. The number of phenols is 1. The zero-order chi connectivity index (χ0) is 25.4. The van der Waals surface area contributed by atoms with Crippen LogP contribution in [0.1, 0.15) is 5.56 Å². The van der Waals surface area contributed by atoms with Crippen LogP contribution in [-0.4, -0.2) is 51.1 Å². The van der Waals surface area contributed by atoms with Crippen LogP contribution in [0.4, 0.5) is 5.69 Å². The number of pyridine rings is 1. The van der Waals surface area contributed by atoms with Crippen molar-refractivity contribution in [3.63, 3.8) is 0 Å². The van der Waals surface area contributed by atoms with Crippen molar-refractivity contribution in [2.75, 3.05) is 24.4 Å². The zero-order valence-electron chi connectivity index (χ0n) is 19.7. The molecule has 0 saturated carbocycles. The van der Waals surface area contributed by atoms with Gasteiger partial charge in [-0.2, -0.15) is 0 Å². The number of benzene rings is 2. The minimum Gasteiger partial charge on any atom is -0.508 e. The van der Waals surface area contributed by atoms with Gasteiger partial charge in [-0.15, -0.1) is 11.3 Å². The second-order valence-corrected chi connectivity index (χ2v) is 11.6. The van der Waals surface area contributed by atoms with Crippen molar-refractivity contribution in [2.45, 2.75) is 16.7 Å². The first-order chi connectivity index (χ1) is 17.4. The molecule has 2 atom stereocenters. The molecule has 2 heterocycles. The Morgan fingerprint density at radius 3 is 2.53 bits per heavy atom. The maximum atomic E-state index is 13.2. The molecule has 2 aromatic carbocycles. The molecule has 4 N–H and O–H groups in total. The predicted molar refractivity (Wildman–Crippen MR) is 147 cm³/mol. The molecule has 0 aliphatic heterocycles. The highest BCUT2D eigenvalue weighted by Gasteiger charge is 2.13. The summed E-state index contributed by atoms with van der Waals surface area (Å²) in [5.41, 5.74) is 2.70. The van der Waals surface area contributed by atoms with Crippen molar-refractivity contribution < 1.29 is 19.2 Å². The van der Waals surface area contributed by atoms with Crippen LogP contribution < -0.4 is 14.8 Å². The van der Waals surface area contributed by atoms with Gasteiger partial charge < -0.3 is 25.0 Å². The Hall–Kier alpha value is -3.37. The number of phenolic OH excluding ortho intramolecular Hbond substituents is 1. The van der Waals surface area contributed by atoms with Crippen LogP contribution in [0.25, 0.3) is 10.6 Å². The third-order valence-corrected chi connectivity index (χ3v) is 8.62. The van der Waals surface area contributed by atoms with Crippen molar-refractivity contribution in [3.05, 3.63) is 90.6 Å². The van der Waals surface area contributed by atoms with Crippen molar-refractivity contribution in [2.24, 2.45) is 0 Å². The second-order valence-electron chi connectivity index (χ2n) is 8.22. The Labute approximate surface area is 215 Å². The van der Waals surface area contributed by atoms with E-state index >= 15 is 0 Å². The Morgan fingerprint density at radius 2 is 1.81 bits per heavy atom. The highest BCUT2D eigenvalue weighted by molar-refractivity contribution is 8.03. The summed E-state index contributed by atoms with van der Waals surface area (Å²) >= 11 is 1.42. The molecular weight excluding hydrogens is 494 g/mol. The van der Waals surface area contributed by atoms with Crippen LogP contribution in [0.5, 0.6) is 11.5 Å². The number of nitrogens with one attached hydrogen (secondary N) is 2. The molecule has 0 fully saturated rings. The Bertz CT molecular complexity index is 1340. The van der Waals surface area contributed by atoms with Crippen LogP contribution >= 0.6 is 11.3 Å². The summed E-state index contributed by atoms with van der Waals surface area (Å²) < 4.78 is 22.5. The largest absolute Gasteiger partial charge is 0.508 e. The van der Waals surface area contributed by atoms with E-state index in [4.69, 9.17) is 4.74 Å². The predicted octanol–water partition coefficient (Wildman–Crippen LogP) is 4.19. The van der Waals surface area contributed by atoms with E-state index in [0.29, 0.717) is 23.0 Å². The minimum absolute atomic E-state index is 0.163. The topological polar surface area (TPSA) is 104 Å². The van der Waals surface area contributed by atoms with Gasteiger partial charge in [-0.3, -0.25) is 4.98 Å². The molecule has 36 heavy (non-hydrogen) atoms. The number of aliphatic hydroxyl groups is 1. The lowest BCUT2D eigenvalue weighted by molar-refractivity contribution is 0.106. The molecule has 0 amide bonds. The third-order valence-electron chi connectivity index (χ3n) is 5.31. The monoisotopic (exact) mass is 523 g/mol. The number of anilines is 1. The molecule has 4 aromatic rings. The molecule has 0 aliphatic rings. The molecule has 0 bridgehead atoms. The van der Waals surface area contributed by atoms with E-state index in [1.165, 1.54) is 23.5 Å². The van der Waals surface area contributed by atoms with Gasteiger partial charge in [0.1, 0.15) is 28.4 Å². The maximum absolute atomic E-state index is 13.2. The lowest BCUT2D eigenvalue weighted by Gasteiger charge is -2.14. The fourth-order valence-corrected chi connectivity index (χ4v) is 5.97. The standard InChI is InChI=1S/C27H29N3O4S2/c1-36(33,27-14-13-26(35-27)25-4-2-3-16-29-25)30-21-7-5-20(6-8-21)15-17-28-18-23(32)19-34-24-11-9-22(31)10-12-24/h2-14,16,23,28,31-32H,1,15,17-19H2,(H,30,33). The van der Waals surface area contributed by atoms with Crippen LogP contribution in [-0.2, 0) is 16.1 Å². The maximum Gasteiger partial charge on any atom is 0.119 e. The van der Waals surface area contributed by atoms with Crippen molar-refractivity contribution in [1.82, 2.24) is 10.3 Å². The van der Waals surface area contributed by atoms with Crippen LogP contribution in [0.15, 0.2) is 89.3 Å². The molecular formula is C27H29N3O4S2. The molecule has 7 nitrogen and oxygen atoms in total. The molecule has 2 unspecified atom stereocenters. The number of aliphatic hydroxyl groups excluding tert-OH is 1. The minimum atomic E-state index is -2.70. The summed E-state index contributed by atoms with van der Waals surface area (Å²) in [6.45, 7) is 1.26. The van der Waals surface area contributed by atoms with Gasteiger partial charge in [0.05, 0.1) is 20.3 Å². The summed E-state index contributed by atoms with van der Waals surface area (Å²) in [4.78, 5) is 5.29. The fourth-order valence-electron chi connectivity index (χ4n) is 3.42. The van der Waals surface area contributed by atoms with E-state index in [1.807, 2.05) is 54.6 Å². The zero-order valence-corrected chi connectivity index (χ0v) is 21.3. The van der Waals surface area contributed by atoms with Gasteiger partial charge in [0.15, 0.2) is 0 Å². The molecule has 0 spiro atoms. The molecule has 2 aromatic heterocycles. The highest BCUT2D eigenvalue weighted by atomic mass is 32.2. The van der Waals surface area contributed by atoms with E-state index in [2.05, 4.69) is 20.9 Å². The number of aromatic nitrogens is 1. The number of rotatable bonds is 12. The molecule has 4 rings (SSSR count). The van der Waals surface area contributed by atoms with Gasteiger partial charge in [0.2, 0.25) is 0 Å². The van der Waals surface area contributed by atoms with Crippen molar-refractivity contribution in [1.29, 1.82) is 0 Å². The van der Waals surface area contributed by atoms with Crippen LogP contribution in [0, 0.1) is 0 Å². The Kier molecular flexibility index (Phi) is 8.61. The van der Waals surface area contributed by atoms with E-state index in [9.17, 15) is 14.4 Å². The molecule has 0 aliphatic carbocycles. The highest BCUT2D eigenvalue weighted by Crippen LogP contribution is 2.30. The molecule has 0 radical (unpaired) electrons. The fraction of sp³-hybridized carbons (Fsp3) is 0.185. The number of thiophene rings is 1. The molecule has 188 valence electrons. The Balaban J connectivity index is 1.21. The second kappa shape index (κ2) is 12.0. The average molecular weight is 524 g/mol. The van der Waals surface area contributed by atoms with Crippen LogP contribution in [0.2, 0.25) is 0 Å². The summed E-state index contributed by atoms with van der Waals surface area (Å²) in [5, 5.41) is 22.6. The summed E-state index contributed by atoms with van der Waals surface area (Å²) in [5.74, 6) is 4.70. The summed E-state index contributed by atoms with van der Waals surface area (Å²) in [6.07, 6.45) is 1.87. The first-order valence-electron chi connectivity index (χ1n) is 11.4. The lowest BCUT2D eigenvalue weighted by Crippen LogP contribution is -2.32. The number of nitrogens with zero attached hydrogens (tertiary/aromatic N) is 1. The summed E-state index contributed by atoms with van der Waals surface area (Å²) in [6, 6.07) is 23.6. The number of ether oxygens (including phenoxy) is 1. The van der Waals surface area contributed by atoms with E-state index in [0.717, 1.165) is 28.2 Å². The quantitative estimate of drug-likeness (QED) is 0.164. The molecule has 0 saturated heterocycles. The van der Waals surface area contributed by atoms with Crippen molar-refractivity contribution in [3.8, 4) is 22.1 Å². The van der Waals surface area contributed by atoms with Gasteiger partial charge in [0, 0.05) is 18.4 Å². The van der Waals surface area contributed by atoms with Gasteiger partial charge in [0.25, 0.3) is 0 Å². The smallest absolute Gasteiger partial charge is 0.119 e. The Morgan fingerprint density at radius 1 is 1.03 bits per heavy atom. The van der Waals surface area contributed by atoms with Crippen LogP contribution in [0.3, 0.4) is 0 Å². The normalized spacial score (nSPS) is 13.6. The van der Waals surface area contributed by atoms with Gasteiger partial charge in [-0.1, -0.05) is 18.2 Å². The number of aromatic hydroxyl groups is 1. The first-order valence-corrected chi connectivity index (χ1v) is 14.0.